The number of nitrogens with zero attached hydrogens (tertiary/aromatic N) is 3. The number of carbonyl (C=O) groups excluding carboxylic acids is 1. The summed E-state index contributed by atoms with van der Waals surface area (Å²) in [5.41, 5.74) is -0.326. The van der Waals surface area contributed by atoms with E-state index in [1.54, 1.807) is 6.92 Å². The minimum absolute atomic E-state index is 0.0716. The summed E-state index contributed by atoms with van der Waals surface area (Å²) in [5, 5.41) is 10.8. The summed E-state index contributed by atoms with van der Waals surface area (Å²) in [6, 6.07) is 4.14. The van der Waals surface area contributed by atoms with Gasteiger partial charge in [-0.25, -0.2) is 9.78 Å². The highest BCUT2D eigenvalue weighted by Gasteiger charge is 2.18. The van der Waals surface area contributed by atoms with Crippen LogP contribution in [-0.4, -0.2) is 26.9 Å². The number of hydrogen-bond acceptors (Lipinski definition) is 7. The van der Waals surface area contributed by atoms with Crippen molar-refractivity contribution in [2.24, 2.45) is 0 Å². The van der Waals surface area contributed by atoms with Crippen molar-refractivity contribution in [2.45, 2.75) is 6.92 Å². The third kappa shape index (κ3) is 2.11. The van der Waals surface area contributed by atoms with Crippen molar-refractivity contribution in [3.05, 3.63) is 50.4 Å². The minimum atomic E-state index is -0.740. The molecule has 0 bridgehead atoms. The maximum absolute atomic E-state index is 12.4. The van der Waals surface area contributed by atoms with Crippen molar-refractivity contribution in [1.29, 1.82) is 0 Å². The van der Waals surface area contributed by atoms with E-state index in [9.17, 15) is 19.7 Å². The Morgan fingerprint density at radius 1 is 1.50 bits per heavy atom. The highest BCUT2D eigenvalue weighted by molar-refractivity contribution is 7.23. The standard InChI is InChI=1S/C13H9N3O5S/c1-2-21-12(18)8-6-14-13-15(11(8)17)9-4-3-7(16(19)20)5-10(9)22-13/h3-6H,2H2,1H3. The van der Waals surface area contributed by atoms with Crippen LogP contribution in [0.2, 0.25) is 0 Å². The first kappa shape index (κ1) is 14.1. The largest absolute Gasteiger partial charge is 0.462 e. The molecule has 8 nitrogen and oxygen atoms in total. The van der Waals surface area contributed by atoms with Crippen LogP contribution in [0.1, 0.15) is 17.3 Å². The molecular weight excluding hydrogens is 310 g/mol. The smallest absolute Gasteiger partial charge is 0.345 e. The zero-order valence-electron chi connectivity index (χ0n) is 11.3. The Morgan fingerprint density at radius 2 is 2.27 bits per heavy atom. The number of non-ortho nitro benzene ring substituents is 1. The fraction of sp³-hybridized carbons (Fsp3) is 0.154. The van der Waals surface area contributed by atoms with Crippen LogP contribution < -0.4 is 5.56 Å². The Balaban J connectivity index is 2.29. The van der Waals surface area contributed by atoms with Gasteiger partial charge in [-0.3, -0.25) is 19.3 Å². The molecule has 0 atom stereocenters. The maximum Gasteiger partial charge on any atom is 0.345 e. The fourth-order valence-electron chi connectivity index (χ4n) is 2.05. The van der Waals surface area contributed by atoms with Crippen LogP contribution >= 0.6 is 11.3 Å². The summed E-state index contributed by atoms with van der Waals surface area (Å²) in [4.78, 5) is 38.9. The summed E-state index contributed by atoms with van der Waals surface area (Å²) < 4.78 is 6.62. The second-order valence-corrected chi connectivity index (χ2v) is 5.34. The van der Waals surface area contributed by atoms with Crippen molar-refractivity contribution < 1.29 is 14.5 Å². The number of nitro groups is 1. The molecule has 0 saturated heterocycles. The lowest BCUT2D eigenvalue weighted by molar-refractivity contribution is -0.384. The van der Waals surface area contributed by atoms with Gasteiger partial charge in [-0.15, -0.1) is 0 Å². The number of fused-ring (bicyclic) bond motifs is 3. The maximum atomic E-state index is 12.4. The second kappa shape index (κ2) is 5.19. The van der Waals surface area contributed by atoms with Gasteiger partial charge in [-0.05, 0) is 13.0 Å². The fourth-order valence-corrected chi connectivity index (χ4v) is 3.07. The molecule has 3 rings (SSSR count). The molecule has 112 valence electrons. The van der Waals surface area contributed by atoms with Crippen LogP contribution in [0.25, 0.3) is 15.2 Å². The predicted molar refractivity (Wildman–Crippen MR) is 79.5 cm³/mol. The Hall–Kier alpha value is -2.81. The van der Waals surface area contributed by atoms with Crippen LogP contribution in [0, 0.1) is 10.1 Å². The highest BCUT2D eigenvalue weighted by atomic mass is 32.1. The van der Waals surface area contributed by atoms with Gasteiger partial charge in [-0.1, -0.05) is 11.3 Å². The van der Waals surface area contributed by atoms with E-state index in [0.29, 0.717) is 15.2 Å². The molecule has 0 amide bonds. The van der Waals surface area contributed by atoms with E-state index < -0.39 is 16.5 Å². The van der Waals surface area contributed by atoms with Crippen LogP contribution in [0.5, 0.6) is 0 Å². The Kier molecular flexibility index (Phi) is 3.33. The van der Waals surface area contributed by atoms with E-state index in [-0.39, 0.29) is 17.9 Å². The molecule has 0 aliphatic heterocycles. The first-order valence-corrected chi connectivity index (χ1v) is 7.10. The van der Waals surface area contributed by atoms with Crippen LogP contribution in [0.15, 0.2) is 29.2 Å². The SMILES string of the molecule is CCOC(=O)c1cnc2sc3cc([N+](=O)[O-])ccc3n2c1=O. The van der Waals surface area contributed by atoms with Crippen molar-refractivity contribution in [3.8, 4) is 0 Å². The third-order valence-electron chi connectivity index (χ3n) is 3.02. The predicted octanol–water partition coefficient (Wildman–Crippen LogP) is 1.99. The lowest BCUT2D eigenvalue weighted by Crippen LogP contribution is -2.23. The number of hydrogen-bond donors (Lipinski definition) is 0. The molecule has 0 aliphatic carbocycles. The first-order chi connectivity index (χ1) is 10.5. The summed E-state index contributed by atoms with van der Waals surface area (Å²) in [5.74, 6) is -0.740. The number of thiazole rings is 1. The first-order valence-electron chi connectivity index (χ1n) is 6.28. The van der Waals surface area contributed by atoms with Crippen molar-refractivity contribution in [2.75, 3.05) is 6.61 Å². The molecule has 22 heavy (non-hydrogen) atoms. The molecule has 2 aromatic heterocycles. The zero-order chi connectivity index (χ0) is 15.9. The third-order valence-corrected chi connectivity index (χ3v) is 4.04. The van der Waals surface area contributed by atoms with Crippen LogP contribution in [-0.2, 0) is 4.74 Å². The second-order valence-electron chi connectivity index (χ2n) is 4.33. The van der Waals surface area contributed by atoms with Gasteiger partial charge in [0.1, 0.15) is 5.56 Å². The van der Waals surface area contributed by atoms with Gasteiger partial charge in [0.25, 0.3) is 11.2 Å². The topological polar surface area (TPSA) is 104 Å². The number of carbonyl (C=O) groups is 1. The number of esters is 1. The number of rotatable bonds is 3. The van der Waals surface area contributed by atoms with E-state index in [1.165, 1.54) is 28.8 Å². The highest BCUT2D eigenvalue weighted by Crippen LogP contribution is 2.27. The number of ether oxygens (including phenoxy) is 1. The zero-order valence-corrected chi connectivity index (χ0v) is 12.1. The van der Waals surface area contributed by atoms with Gasteiger partial charge >= 0.3 is 5.97 Å². The molecule has 0 radical (unpaired) electrons. The molecule has 1 aromatic carbocycles. The lowest BCUT2D eigenvalue weighted by atomic mass is 10.3. The molecule has 0 saturated carbocycles. The Morgan fingerprint density at radius 3 is 2.95 bits per heavy atom. The van der Waals surface area contributed by atoms with Gasteiger partial charge in [0.15, 0.2) is 4.96 Å². The monoisotopic (exact) mass is 319 g/mol. The van der Waals surface area contributed by atoms with E-state index in [1.807, 2.05) is 0 Å². The van der Waals surface area contributed by atoms with Gasteiger partial charge in [0.2, 0.25) is 0 Å². The van der Waals surface area contributed by atoms with Crippen molar-refractivity contribution >= 4 is 38.2 Å². The number of aromatic nitrogens is 2. The molecule has 3 aromatic rings. The normalized spacial score (nSPS) is 11.0. The minimum Gasteiger partial charge on any atom is -0.462 e. The van der Waals surface area contributed by atoms with Gasteiger partial charge in [0, 0.05) is 12.1 Å². The Labute approximate surface area is 126 Å². The van der Waals surface area contributed by atoms with E-state index in [4.69, 9.17) is 4.74 Å². The molecule has 0 fully saturated rings. The molecule has 0 spiro atoms. The van der Waals surface area contributed by atoms with Crippen LogP contribution in [0.3, 0.4) is 0 Å². The number of nitro benzene ring substituents is 1. The van der Waals surface area contributed by atoms with E-state index in [2.05, 4.69) is 4.98 Å². The molecule has 0 aliphatic rings. The molecule has 0 N–H and O–H groups in total. The summed E-state index contributed by atoms with van der Waals surface area (Å²) >= 11 is 1.14. The summed E-state index contributed by atoms with van der Waals surface area (Å²) in [7, 11) is 0. The molecular formula is C13H9N3O5S. The summed E-state index contributed by atoms with van der Waals surface area (Å²) in [6.45, 7) is 1.79. The van der Waals surface area contributed by atoms with Gasteiger partial charge in [-0.2, -0.15) is 0 Å². The average Bonchev–Trinajstić information content (AvgIpc) is 2.85. The Bertz CT molecular complexity index is 975. The molecule has 0 unspecified atom stereocenters. The van der Waals surface area contributed by atoms with E-state index in [0.717, 1.165) is 11.3 Å². The quantitative estimate of drug-likeness (QED) is 0.415. The van der Waals surface area contributed by atoms with Gasteiger partial charge < -0.3 is 4.74 Å². The molecule has 9 heteroatoms. The number of benzene rings is 1. The summed E-state index contributed by atoms with van der Waals surface area (Å²) in [6.07, 6.45) is 1.17. The van der Waals surface area contributed by atoms with Crippen molar-refractivity contribution in [3.63, 3.8) is 0 Å². The van der Waals surface area contributed by atoms with Crippen molar-refractivity contribution in [1.82, 2.24) is 9.38 Å². The lowest BCUT2D eigenvalue weighted by Gasteiger charge is -2.01. The van der Waals surface area contributed by atoms with Crippen LogP contribution in [0.4, 0.5) is 5.69 Å². The van der Waals surface area contributed by atoms with Gasteiger partial charge in [0.05, 0.1) is 27.9 Å². The average molecular weight is 319 g/mol. The molecule has 2 heterocycles. The van der Waals surface area contributed by atoms with E-state index >= 15 is 0 Å².